The minimum absolute atomic E-state index is 0.0490. The summed E-state index contributed by atoms with van der Waals surface area (Å²) >= 11 is 0. The molecule has 1 aliphatic heterocycles. The van der Waals surface area contributed by atoms with Gasteiger partial charge >= 0.3 is 0 Å². The number of unbranched alkanes of at least 4 members (excludes halogenated alkanes) is 4. The van der Waals surface area contributed by atoms with Crippen LogP contribution in [0.3, 0.4) is 0 Å². The Morgan fingerprint density at radius 1 is 1.20 bits per heavy atom. The summed E-state index contributed by atoms with van der Waals surface area (Å²) in [7, 11) is 0. The van der Waals surface area contributed by atoms with Crippen LogP contribution in [0.2, 0.25) is 0 Å². The van der Waals surface area contributed by atoms with Crippen LogP contribution in [0.15, 0.2) is 37.1 Å². The molecule has 2 N–H and O–H groups in total. The molecule has 1 aliphatic rings. The van der Waals surface area contributed by atoms with Crippen molar-refractivity contribution in [2.24, 2.45) is 0 Å². The molecule has 0 aliphatic carbocycles. The number of ether oxygens (including phenoxy) is 1. The molecule has 1 aromatic carbocycles. The molecule has 1 heterocycles. The van der Waals surface area contributed by atoms with Crippen LogP contribution in [-0.2, 0) is 16.0 Å². The predicted octanol–water partition coefficient (Wildman–Crippen LogP) is 4.36. The molecule has 5 nitrogen and oxygen atoms in total. The Labute approximate surface area is 182 Å². The van der Waals surface area contributed by atoms with Gasteiger partial charge in [0.25, 0.3) is 0 Å². The first-order valence-corrected chi connectivity index (χ1v) is 11.6. The lowest BCUT2D eigenvalue weighted by molar-refractivity contribution is -0.123. The van der Waals surface area contributed by atoms with Gasteiger partial charge in [-0.25, -0.2) is 0 Å². The lowest BCUT2D eigenvalue weighted by atomic mass is 9.99. The highest BCUT2D eigenvalue weighted by Gasteiger charge is 2.26. The van der Waals surface area contributed by atoms with Crippen molar-refractivity contribution < 1.29 is 14.6 Å². The molecule has 168 valence electrons. The standard InChI is InChI=1S/C25H40N2O3/c1-3-5-6-7-8-11-24(28)26-23(20-27-17-9-10-18-27)25(29)22-14-12-21(13-15-22)16-19-30-4-2/h4,12-15,23,25,29H,2-3,5-11,16-20H2,1H3,(H,26,28)/t23-,25-/m1/s1. The van der Waals surface area contributed by atoms with Crippen molar-refractivity contribution in [3.63, 3.8) is 0 Å². The molecule has 2 rings (SSSR count). The number of hydrogen-bond acceptors (Lipinski definition) is 4. The van der Waals surface area contributed by atoms with Gasteiger partial charge in [-0.05, 0) is 43.5 Å². The first-order chi connectivity index (χ1) is 14.6. The minimum atomic E-state index is -0.715. The van der Waals surface area contributed by atoms with Gasteiger partial charge in [-0.3, -0.25) is 4.79 Å². The summed E-state index contributed by atoms with van der Waals surface area (Å²) in [4.78, 5) is 14.9. The van der Waals surface area contributed by atoms with E-state index in [4.69, 9.17) is 4.74 Å². The van der Waals surface area contributed by atoms with E-state index >= 15 is 0 Å². The largest absolute Gasteiger partial charge is 0.501 e. The second-order valence-electron chi connectivity index (χ2n) is 8.32. The van der Waals surface area contributed by atoms with Gasteiger partial charge < -0.3 is 20.1 Å². The number of nitrogens with one attached hydrogen (secondary N) is 1. The average Bonchev–Trinajstić information content (AvgIpc) is 3.26. The third-order valence-electron chi connectivity index (χ3n) is 5.84. The van der Waals surface area contributed by atoms with Crippen LogP contribution in [-0.4, -0.2) is 48.2 Å². The number of carbonyl (C=O) groups excluding carboxylic acids is 1. The van der Waals surface area contributed by atoms with Crippen LogP contribution in [0.1, 0.15) is 75.5 Å². The zero-order valence-corrected chi connectivity index (χ0v) is 18.7. The number of aliphatic hydroxyl groups excluding tert-OH is 1. The van der Waals surface area contributed by atoms with Gasteiger partial charge in [0.1, 0.15) is 6.10 Å². The van der Waals surface area contributed by atoms with Crippen molar-refractivity contribution in [3.8, 4) is 0 Å². The van der Waals surface area contributed by atoms with Crippen molar-refractivity contribution in [3.05, 3.63) is 48.2 Å². The third kappa shape index (κ3) is 8.88. The van der Waals surface area contributed by atoms with E-state index in [2.05, 4.69) is 23.7 Å². The molecule has 2 atom stereocenters. The molecule has 0 bridgehead atoms. The quantitative estimate of drug-likeness (QED) is 0.329. The summed E-state index contributed by atoms with van der Waals surface area (Å²) in [6.07, 6.45) is 10.1. The SMILES string of the molecule is C=COCCc1ccc([C@@H](O)[C@@H](CN2CCCC2)NC(=O)CCCCCCC)cc1. The number of carbonyl (C=O) groups is 1. The zero-order valence-electron chi connectivity index (χ0n) is 18.7. The second-order valence-corrected chi connectivity index (χ2v) is 8.32. The first-order valence-electron chi connectivity index (χ1n) is 11.6. The number of hydrogen-bond donors (Lipinski definition) is 2. The highest BCUT2D eigenvalue weighted by atomic mass is 16.5. The summed E-state index contributed by atoms with van der Waals surface area (Å²) in [6.45, 7) is 9.11. The van der Waals surface area contributed by atoms with E-state index in [1.54, 1.807) is 0 Å². The number of likely N-dealkylation sites (tertiary alicyclic amines) is 1. The Kier molecular flexibility index (Phi) is 11.6. The lowest BCUT2D eigenvalue weighted by Gasteiger charge is -2.29. The van der Waals surface area contributed by atoms with Gasteiger partial charge in [-0.1, -0.05) is 63.5 Å². The molecular formula is C25H40N2O3. The molecule has 0 saturated carbocycles. The predicted molar refractivity (Wildman–Crippen MR) is 122 cm³/mol. The summed E-state index contributed by atoms with van der Waals surface area (Å²) in [5.41, 5.74) is 2.00. The van der Waals surface area contributed by atoms with Crippen LogP contribution in [0.5, 0.6) is 0 Å². The number of benzene rings is 1. The maximum absolute atomic E-state index is 12.5. The summed E-state index contributed by atoms with van der Waals surface area (Å²) < 4.78 is 5.19. The average molecular weight is 417 g/mol. The molecule has 1 amide bonds. The normalized spacial score (nSPS) is 16.2. The maximum Gasteiger partial charge on any atom is 0.220 e. The van der Waals surface area contributed by atoms with Gasteiger partial charge in [0, 0.05) is 19.4 Å². The molecule has 0 aromatic heterocycles. The van der Waals surface area contributed by atoms with Crippen LogP contribution in [0, 0.1) is 0 Å². The Balaban J connectivity index is 1.93. The molecular weight excluding hydrogens is 376 g/mol. The van der Waals surface area contributed by atoms with Crippen LogP contribution in [0.25, 0.3) is 0 Å². The maximum atomic E-state index is 12.5. The second kappa shape index (κ2) is 14.2. The van der Waals surface area contributed by atoms with Crippen molar-refractivity contribution in [2.45, 2.75) is 76.9 Å². The van der Waals surface area contributed by atoms with Crippen molar-refractivity contribution in [2.75, 3.05) is 26.2 Å². The molecule has 1 fully saturated rings. The molecule has 30 heavy (non-hydrogen) atoms. The highest BCUT2D eigenvalue weighted by Crippen LogP contribution is 2.21. The summed E-state index contributed by atoms with van der Waals surface area (Å²) in [5, 5.41) is 14.2. The third-order valence-corrected chi connectivity index (χ3v) is 5.84. The Bertz CT molecular complexity index is 611. The topological polar surface area (TPSA) is 61.8 Å². The number of nitrogens with zero attached hydrogens (tertiary/aromatic N) is 1. The van der Waals surface area contributed by atoms with Crippen LogP contribution in [0.4, 0.5) is 0 Å². The van der Waals surface area contributed by atoms with Gasteiger partial charge in [0.2, 0.25) is 5.91 Å². The van der Waals surface area contributed by atoms with Crippen molar-refractivity contribution in [1.82, 2.24) is 10.2 Å². The fourth-order valence-electron chi connectivity index (χ4n) is 4.01. The Hall–Kier alpha value is -1.85. The molecule has 1 saturated heterocycles. The van der Waals surface area contributed by atoms with Gasteiger partial charge in [0.05, 0.1) is 18.9 Å². The summed E-state index contributed by atoms with van der Waals surface area (Å²) in [5.74, 6) is 0.0490. The first kappa shape index (κ1) is 24.4. The molecule has 5 heteroatoms. The number of aliphatic hydroxyl groups is 1. The van der Waals surface area contributed by atoms with Crippen molar-refractivity contribution >= 4 is 5.91 Å². The van der Waals surface area contributed by atoms with Crippen molar-refractivity contribution in [1.29, 1.82) is 0 Å². The molecule has 1 aromatic rings. The van der Waals surface area contributed by atoms with E-state index in [0.717, 1.165) is 43.5 Å². The Morgan fingerprint density at radius 3 is 2.57 bits per heavy atom. The van der Waals surface area contributed by atoms with Gasteiger partial charge in [-0.15, -0.1) is 0 Å². The summed E-state index contributed by atoms with van der Waals surface area (Å²) in [6, 6.07) is 7.67. The lowest BCUT2D eigenvalue weighted by Crippen LogP contribution is -2.46. The zero-order chi connectivity index (χ0) is 21.6. The molecule has 0 unspecified atom stereocenters. The fourth-order valence-corrected chi connectivity index (χ4v) is 4.01. The van der Waals surface area contributed by atoms with E-state index in [9.17, 15) is 9.90 Å². The van der Waals surface area contributed by atoms with Crippen LogP contribution >= 0.6 is 0 Å². The monoisotopic (exact) mass is 416 g/mol. The smallest absolute Gasteiger partial charge is 0.220 e. The van der Waals surface area contributed by atoms with Gasteiger partial charge in [-0.2, -0.15) is 0 Å². The molecule has 0 spiro atoms. The van der Waals surface area contributed by atoms with E-state index in [1.807, 2.05) is 24.3 Å². The van der Waals surface area contributed by atoms with Crippen LogP contribution < -0.4 is 5.32 Å². The van der Waals surface area contributed by atoms with E-state index in [-0.39, 0.29) is 11.9 Å². The number of amides is 1. The Morgan fingerprint density at radius 2 is 1.90 bits per heavy atom. The fraction of sp³-hybridized carbons (Fsp3) is 0.640. The molecule has 0 radical (unpaired) electrons. The van der Waals surface area contributed by atoms with Gasteiger partial charge in [0.15, 0.2) is 0 Å². The number of rotatable bonds is 15. The highest BCUT2D eigenvalue weighted by molar-refractivity contribution is 5.76. The van der Waals surface area contributed by atoms with E-state index in [1.165, 1.54) is 38.4 Å². The van der Waals surface area contributed by atoms with E-state index < -0.39 is 6.10 Å². The minimum Gasteiger partial charge on any atom is -0.501 e. The van der Waals surface area contributed by atoms with E-state index in [0.29, 0.717) is 19.6 Å².